The summed E-state index contributed by atoms with van der Waals surface area (Å²) in [6.45, 7) is 1.74. The number of hydrogen-bond donors (Lipinski definition) is 1. The highest BCUT2D eigenvalue weighted by atomic mass is 32.2. The van der Waals surface area contributed by atoms with E-state index in [1.807, 2.05) is 0 Å². The Kier molecular flexibility index (Phi) is 2.95. The minimum atomic E-state index is 0.467. The van der Waals surface area contributed by atoms with Crippen molar-refractivity contribution < 1.29 is 8.83 Å². The van der Waals surface area contributed by atoms with Crippen molar-refractivity contribution in [3.63, 3.8) is 0 Å². The molecule has 0 saturated heterocycles. The minimum absolute atomic E-state index is 0.467. The van der Waals surface area contributed by atoms with Gasteiger partial charge in [0.1, 0.15) is 0 Å². The lowest BCUT2D eigenvalue weighted by atomic mass is 10.4. The van der Waals surface area contributed by atoms with E-state index in [0.717, 1.165) is 0 Å². The minimum Gasteiger partial charge on any atom is -0.461 e. The molecular formula is C10H10N6O2S. The van der Waals surface area contributed by atoms with Gasteiger partial charge in [0.25, 0.3) is 0 Å². The molecular weight excluding hydrogens is 268 g/mol. The van der Waals surface area contributed by atoms with E-state index in [0.29, 0.717) is 34.3 Å². The van der Waals surface area contributed by atoms with Gasteiger partial charge in [-0.25, -0.2) is 4.68 Å². The van der Waals surface area contributed by atoms with E-state index in [2.05, 4.69) is 20.4 Å². The van der Waals surface area contributed by atoms with Crippen molar-refractivity contribution in [2.45, 2.75) is 17.8 Å². The summed E-state index contributed by atoms with van der Waals surface area (Å²) in [5.41, 5.74) is 0. The van der Waals surface area contributed by atoms with Crippen LogP contribution in [0.2, 0.25) is 0 Å². The van der Waals surface area contributed by atoms with Crippen LogP contribution in [-0.2, 0) is 5.75 Å². The number of aromatic nitrogens is 5. The number of hydrogen-bond acceptors (Lipinski definition) is 8. The van der Waals surface area contributed by atoms with E-state index < -0.39 is 0 Å². The van der Waals surface area contributed by atoms with Gasteiger partial charge in [-0.1, -0.05) is 11.8 Å². The fourth-order valence-electron chi connectivity index (χ4n) is 1.47. The number of aryl methyl sites for hydroxylation is 1. The maximum Gasteiger partial charge on any atom is 0.226 e. The topological polar surface area (TPSA) is 109 Å². The third-order valence-electron chi connectivity index (χ3n) is 2.30. The lowest BCUT2D eigenvalue weighted by Crippen LogP contribution is -2.11. The standard InChI is InChI=1S/C10H10N6O2S/c1-6-12-13-8(18-6)5-19-10-15-14-9(16(10)11)7-3-2-4-17-7/h2-4H,5,11H2,1H3. The molecule has 0 atom stereocenters. The van der Waals surface area contributed by atoms with Crippen LogP contribution in [0.25, 0.3) is 11.6 Å². The summed E-state index contributed by atoms with van der Waals surface area (Å²) >= 11 is 1.36. The highest BCUT2D eigenvalue weighted by molar-refractivity contribution is 7.98. The second kappa shape index (κ2) is 4.76. The maximum absolute atomic E-state index is 5.91. The zero-order valence-electron chi connectivity index (χ0n) is 9.98. The predicted molar refractivity (Wildman–Crippen MR) is 66.5 cm³/mol. The Morgan fingerprint density at radius 2 is 2.21 bits per heavy atom. The second-order valence-electron chi connectivity index (χ2n) is 3.66. The molecule has 9 heteroatoms. The number of thioether (sulfide) groups is 1. The predicted octanol–water partition coefficient (Wildman–Crippen LogP) is 1.24. The molecule has 3 rings (SSSR count). The lowest BCUT2D eigenvalue weighted by Gasteiger charge is -1.99. The first kappa shape index (κ1) is 11.8. The van der Waals surface area contributed by atoms with Gasteiger partial charge in [-0.15, -0.1) is 20.4 Å². The Bertz CT molecular complexity index is 674. The monoisotopic (exact) mass is 278 g/mol. The molecule has 0 aliphatic rings. The SMILES string of the molecule is Cc1nnc(CSc2nnc(-c3ccco3)n2N)o1. The molecule has 0 spiro atoms. The Hall–Kier alpha value is -2.29. The third-order valence-corrected chi connectivity index (χ3v) is 3.23. The summed E-state index contributed by atoms with van der Waals surface area (Å²) in [7, 11) is 0. The van der Waals surface area contributed by atoms with Crippen molar-refractivity contribution in [1.29, 1.82) is 0 Å². The van der Waals surface area contributed by atoms with Crippen LogP contribution in [0.5, 0.6) is 0 Å². The maximum atomic E-state index is 5.91. The molecule has 0 amide bonds. The van der Waals surface area contributed by atoms with Gasteiger partial charge in [-0.2, -0.15) is 0 Å². The average molecular weight is 278 g/mol. The Labute approximate surface area is 112 Å². The van der Waals surface area contributed by atoms with Crippen molar-refractivity contribution >= 4 is 11.8 Å². The van der Waals surface area contributed by atoms with Crippen molar-refractivity contribution in [1.82, 2.24) is 25.1 Å². The van der Waals surface area contributed by atoms with Crippen LogP contribution in [0.15, 0.2) is 32.4 Å². The van der Waals surface area contributed by atoms with Crippen LogP contribution in [0.1, 0.15) is 11.8 Å². The van der Waals surface area contributed by atoms with Crippen LogP contribution in [0.4, 0.5) is 0 Å². The van der Waals surface area contributed by atoms with Crippen molar-refractivity contribution in [3.8, 4) is 11.6 Å². The van der Waals surface area contributed by atoms with E-state index >= 15 is 0 Å². The van der Waals surface area contributed by atoms with Gasteiger partial charge in [0, 0.05) is 6.92 Å². The molecule has 0 aliphatic heterocycles. The van der Waals surface area contributed by atoms with E-state index in [4.69, 9.17) is 14.7 Å². The summed E-state index contributed by atoms with van der Waals surface area (Å²) in [5, 5.41) is 16.2. The average Bonchev–Trinajstić information content (AvgIpc) is 3.09. The normalized spacial score (nSPS) is 11.0. The fraction of sp³-hybridized carbons (Fsp3) is 0.200. The quantitative estimate of drug-likeness (QED) is 0.560. The highest BCUT2D eigenvalue weighted by Gasteiger charge is 2.15. The lowest BCUT2D eigenvalue weighted by molar-refractivity contribution is 0.485. The third kappa shape index (κ3) is 2.32. The first-order chi connectivity index (χ1) is 9.24. The van der Waals surface area contributed by atoms with Crippen molar-refractivity contribution in [2.75, 3.05) is 5.84 Å². The molecule has 3 aromatic heterocycles. The van der Waals surface area contributed by atoms with Crippen molar-refractivity contribution in [3.05, 3.63) is 30.2 Å². The molecule has 0 aromatic carbocycles. The number of furan rings is 1. The molecule has 0 aliphatic carbocycles. The smallest absolute Gasteiger partial charge is 0.226 e. The van der Waals surface area contributed by atoms with Crippen LogP contribution < -0.4 is 5.84 Å². The van der Waals surface area contributed by atoms with Gasteiger partial charge in [0.15, 0.2) is 5.76 Å². The molecule has 3 aromatic rings. The summed E-state index contributed by atoms with van der Waals surface area (Å²) in [6.07, 6.45) is 1.55. The molecule has 0 unspecified atom stereocenters. The summed E-state index contributed by atoms with van der Waals surface area (Å²) in [4.78, 5) is 0. The van der Waals surface area contributed by atoms with Gasteiger partial charge in [0.2, 0.25) is 22.8 Å². The molecule has 19 heavy (non-hydrogen) atoms. The molecule has 2 N–H and O–H groups in total. The van der Waals surface area contributed by atoms with Gasteiger partial charge in [-0.05, 0) is 12.1 Å². The molecule has 0 saturated carbocycles. The molecule has 0 bridgehead atoms. The Morgan fingerprint density at radius 3 is 2.89 bits per heavy atom. The zero-order valence-corrected chi connectivity index (χ0v) is 10.8. The van der Waals surface area contributed by atoms with E-state index in [1.54, 1.807) is 25.3 Å². The highest BCUT2D eigenvalue weighted by Crippen LogP contribution is 2.23. The molecule has 0 radical (unpaired) electrons. The van der Waals surface area contributed by atoms with Gasteiger partial charge in [-0.3, -0.25) is 0 Å². The van der Waals surface area contributed by atoms with E-state index in [1.165, 1.54) is 16.4 Å². The van der Waals surface area contributed by atoms with Crippen molar-refractivity contribution in [2.24, 2.45) is 0 Å². The zero-order chi connectivity index (χ0) is 13.2. The van der Waals surface area contributed by atoms with E-state index in [-0.39, 0.29) is 0 Å². The number of nitrogen functional groups attached to an aromatic ring is 1. The van der Waals surface area contributed by atoms with Gasteiger partial charge < -0.3 is 14.7 Å². The summed E-state index contributed by atoms with van der Waals surface area (Å²) in [6, 6.07) is 3.53. The summed E-state index contributed by atoms with van der Waals surface area (Å²) in [5.74, 6) is 8.47. The first-order valence-electron chi connectivity index (χ1n) is 5.40. The number of nitrogens with two attached hydrogens (primary N) is 1. The molecule has 98 valence electrons. The number of rotatable bonds is 4. The molecule has 8 nitrogen and oxygen atoms in total. The van der Waals surface area contributed by atoms with Crippen LogP contribution in [-0.4, -0.2) is 25.1 Å². The second-order valence-corrected chi connectivity index (χ2v) is 4.60. The summed E-state index contributed by atoms with van der Waals surface area (Å²) < 4.78 is 11.9. The molecule has 0 fully saturated rings. The number of nitrogens with zero attached hydrogens (tertiary/aromatic N) is 5. The first-order valence-corrected chi connectivity index (χ1v) is 6.39. The van der Waals surface area contributed by atoms with Crippen LogP contribution >= 0.6 is 11.8 Å². The van der Waals surface area contributed by atoms with Crippen LogP contribution in [0, 0.1) is 6.92 Å². The largest absolute Gasteiger partial charge is 0.461 e. The van der Waals surface area contributed by atoms with E-state index in [9.17, 15) is 0 Å². The van der Waals surface area contributed by atoms with Gasteiger partial charge in [0.05, 0.1) is 12.0 Å². The fourth-order valence-corrected chi connectivity index (χ4v) is 2.16. The molecule has 3 heterocycles. The van der Waals surface area contributed by atoms with Gasteiger partial charge >= 0.3 is 0 Å². The Morgan fingerprint density at radius 1 is 1.32 bits per heavy atom. The van der Waals surface area contributed by atoms with Crippen LogP contribution in [0.3, 0.4) is 0 Å². The Balaban J connectivity index is 1.75.